The highest BCUT2D eigenvalue weighted by Gasteiger charge is 2.29. The van der Waals surface area contributed by atoms with E-state index in [1.165, 1.54) is 0 Å². The van der Waals surface area contributed by atoms with E-state index in [-0.39, 0.29) is 63.2 Å². The number of nitrogens with zero attached hydrogens (tertiary/aromatic N) is 3. The zero-order valence-corrected chi connectivity index (χ0v) is 29.5. The lowest BCUT2D eigenvalue weighted by atomic mass is 9.91. The Bertz CT molecular complexity index is 1980. The van der Waals surface area contributed by atoms with E-state index < -0.39 is 41.8 Å². The van der Waals surface area contributed by atoms with Gasteiger partial charge >= 0.3 is 0 Å². The van der Waals surface area contributed by atoms with Gasteiger partial charge in [-0.2, -0.15) is 0 Å². The molecule has 53 heavy (non-hydrogen) atoms. The van der Waals surface area contributed by atoms with Crippen LogP contribution < -0.4 is 56.1 Å². The van der Waals surface area contributed by atoms with Gasteiger partial charge in [0.25, 0.3) is 0 Å². The van der Waals surface area contributed by atoms with E-state index in [9.17, 15) is 19.2 Å². The molecule has 17 N–H and O–H groups in total. The maximum Gasteiger partial charge on any atom is 0.243 e. The summed E-state index contributed by atoms with van der Waals surface area (Å²) < 4.78 is 0. The minimum Gasteiger partial charge on any atom is -0.370 e. The molecule has 4 aromatic carbocycles. The molecule has 0 saturated heterocycles. The number of primary amides is 1. The largest absolute Gasteiger partial charge is 0.370 e. The Hall–Kier alpha value is -6.39. The van der Waals surface area contributed by atoms with Crippen LogP contribution in [0.3, 0.4) is 0 Å². The van der Waals surface area contributed by atoms with Crippen molar-refractivity contribution in [3.63, 3.8) is 0 Å². The normalized spacial score (nSPS) is 12.8. The Balaban J connectivity index is 1.53. The molecule has 0 radical (unpaired) electrons. The van der Waals surface area contributed by atoms with Gasteiger partial charge in [0, 0.05) is 19.6 Å². The molecule has 3 atom stereocenters. The Morgan fingerprint density at radius 3 is 1.47 bits per heavy atom. The maximum absolute atomic E-state index is 13.9. The lowest BCUT2D eigenvalue weighted by molar-refractivity contribution is -0.133. The average Bonchev–Trinajstić information content (AvgIpc) is 3.11. The summed E-state index contributed by atoms with van der Waals surface area (Å²) in [6.07, 6.45) is 1.40. The number of nitrogens with two attached hydrogens (primary N) is 7. The van der Waals surface area contributed by atoms with Gasteiger partial charge in [0.15, 0.2) is 17.9 Å². The molecule has 0 aliphatic carbocycles. The fourth-order valence-corrected chi connectivity index (χ4v) is 6.25. The highest BCUT2D eigenvalue weighted by Crippen LogP contribution is 2.36. The zero-order valence-electron chi connectivity index (χ0n) is 29.5. The molecule has 0 heterocycles. The van der Waals surface area contributed by atoms with E-state index in [1.807, 2.05) is 30.3 Å². The molecule has 0 saturated carbocycles. The fraction of sp³-hybridized carbons (Fsp3) is 0.361. The molecule has 282 valence electrons. The van der Waals surface area contributed by atoms with Crippen molar-refractivity contribution in [1.29, 1.82) is 0 Å². The average molecular weight is 728 g/mol. The van der Waals surface area contributed by atoms with Crippen LogP contribution in [0.2, 0.25) is 0 Å². The van der Waals surface area contributed by atoms with Gasteiger partial charge in [0.2, 0.25) is 23.6 Å². The number of hydrogen-bond donors (Lipinski definition) is 10. The number of amides is 4. The third-order valence-corrected chi connectivity index (χ3v) is 8.75. The van der Waals surface area contributed by atoms with Crippen LogP contribution in [0.15, 0.2) is 69.6 Å². The topological polar surface area (TPSA) is 324 Å². The molecule has 4 aromatic rings. The molecule has 0 aromatic heterocycles. The van der Waals surface area contributed by atoms with E-state index in [4.69, 9.17) is 40.1 Å². The SMILES string of the molecule is NC(=O)[C@H](CCCN=C(N)N)NC(=O)[C@H](CCCN=C(N)N)NC(=O)[C@H](CCCN=C(N)N)NC(=O)Cc1ccc2ccc3cccc4ccc1c2c34. The van der Waals surface area contributed by atoms with Crippen molar-refractivity contribution in [3.8, 4) is 0 Å². The van der Waals surface area contributed by atoms with E-state index in [1.54, 1.807) is 0 Å². The van der Waals surface area contributed by atoms with E-state index in [0.29, 0.717) is 19.3 Å². The maximum atomic E-state index is 13.9. The minimum absolute atomic E-state index is 0.00553. The van der Waals surface area contributed by atoms with Crippen LogP contribution >= 0.6 is 0 Å². The molecule has 0 fully saturated rings. The van der Waals surface area contributed by atoms with Gasteiger partial charge in [0.1, 0.15) is 18.1 Å². The van der Waals surface area contributed by atoms with Crippen LogP contribution in [0.4, 0.5) is 0 Å². The first-order chi connectivity index (χ1) is 25.3. The highest BCUT2D eigenvalue weighted by atomic mass is 16.2. The molecule has 0 unspecified atom stereocenters. The van der Waals surface area contributed by atoms with E-state index >= 15 is 0 Å². The number of benzene rings is 4. The number of nitrogens with one attached hydrogen (secondary N) is 3. The molecule has 0 aliphatic heterocycles. The number of aliphatic imine (C=N–C) groups is 3. The van der Waals surface area contributed by atoms with Crippen LogP contribution in [-0.4, -0.2) is 79.3 Å². The van der Waals surface area contributed by atoms with Crippen molar-refractivity contribution in [2.24, 2.45) is 55.1 Å². The second-order valence-corrected chi connectivity index (χ2v) is 12.7. The van der Waals surface area contributed by atoms with Crippen molar-refractivity contribution < 1.29 is 19.2 Å². The van der Waals surface area contributed by atoms with Crippen molar-refractivity contribution in [2.75, 3.05) is 19.6 Å². The number of guanidine groups is 3. The number of carbonyl (C=O) groups excluding carboxylic acids is 4. The lowest BCUT2D eigenvalue weighted by Gasteiger charge is -2.25. The molecule has 0 spiro atoms. The highest BCUT2D eigenvalue weighted by molar-refractivity contribution is 6.23. The summed E-state index contributed by atoms with van der Waals surface area (Å²) in [4.78, 5) is 65.1. The second-order valence-electron chi connectivity index (χ2n) is 12.7. The Morgan fingerprint density at radius 2 is 0.962 bits per heavy atom. The van der Waals surface area contributed by atoms with Gasteiger partial charge in [0.05, 0.1) is 6.42 Å². The monoisotopic (exact) mass is 727 g/mol. The molecular formula is C36H49N13O4. The van der Waals surface area contributed by atoms with Gasteiger partial charge < -0.3 is 56.1 Å². The number of carbonyl (C=O) groups is 4. The quantitative estimate of drug-likeness (QED) is 0.0234. The molecule has 0 aliphatic rings. The number of hydrogen-bond acceptors (Lipinski definition) is 7. The van der Waals surface area contributed by atoms with Gasteiger partial charge in [-0.15, -0.1) is 0 Å². The summed E-state index contributed by atoms with van der Waals surface area (Å²) in [5, 5.41) is 14.6. The van der Waals surface area contributed by atoms with Gasteiger partial charge in [-0.3, -0.25) is 34.2 Å². The minimum atomic E-state index is -1.13. The summed E-state index contributed by atoms with van der Waals surface area (Å²) >= 11 is 0. The summed E-state index contributed by atoms with van der Waals surface area (Å²) in [5.74, 6) is -2.79. The Labute approximate surface area is 306 Å². The Morgan fingerprint density at radius 1 is 0.528 bits per heavy atom. The summed E-state index contributed by atoms with van der Waals surface area (Å²) in [6.45, 7) is 0.605. The van der Waals surface area contributed by atoms with E-state index in [2.05, 4.69) is 55.2 Å². The summed E-state index contributed by atoms with van der Waals surface area (Å²) in [7, 11) is 0. The predicted molar refractivity (Wildman–Crippen MR) is 209 cm³/mol. The Kier molecular flexibility index (Phi) is 13.9. The first-order valence-electron chi connectivity index (χ1n) is 17.3. The van der Waals surface area contributed by atoms with Crippen molar-refractivity contribution in [3.05, 3.63) is 60.2 Å². The first-order valence-corrected chi connectivity index (χ1v) is 17.3. The predicted octanol–water partition coefficient (Wildman–Crippen LogP) is -0.773. The first kappa shape index (κ1) is 39.4. The van der Waals surface area contributed by atoms with Crippen LogP contribution in [0.1, 0.15) is 44.1 Å². The molecule has 4 amide bonds. The third kappa shape index (κ3) is 11.3. The van der Waals surface area contributed by atoms with Crippen LogP contribution in [-0.2, 0) is 25.6 Å². The molecule has 4 rings (SSSR count). The van der Waals surface area contributed by atoms with Crippen LogP contribution in [0, 0.1) is 0 Å². The number of rotatable bonds is 20. The van der Waals surface area contributed by atoms with Gasteiger partial charge in [-0.05, 0) is 76.4 Å². The lowest BCUT2D eigenvalue weighted by Crippen LogP contribution is -2.56. The van der Waals surface area contributed by atoms with Gasteiger partial charge in [-0.1, -0.05) is 54.6 Å². The van der Waals surface area contributed by atoms with Crippen molar-refractivity contribution in [1.82, 2.24) is 16.0 Å². The second kappa shape index (κ2) is 18.7. The molecule has 0 bridgehead atoms. The standard InChI is InChI=1S/C36H49N13O4/c37-31(51)25(7-2-16-44-34(38)39)48-33(53)27(9-4-18-46-36(42)43)49-32(52)26(8-3-17-45-35(40)41)47-28(50)19-23-13-12-22-11-10-20-5-1-6-21-14-15-24(23)30(22)29(20)21/h1,5-6,10-15,25-27H,2-4,7-9,16-19H2,(H2,37,51)(H,47,50)(H,48,53)(H,49,52)(H4,38,39,44)(H4,40,41,45)(H4,42,43,46)/t25-,26-,27-/m0/s1. The molecular weight excluding hydrogens is 678 g/mol. The molecule has 17 nitrogen and oxygen atoms in total. The van der Waals surface area contributed by atoms with Gasteiger partial charge in [-0.25, -0.2) is 0 Å². The fourth-order valence-electron chi connectivity index (χ4n) is 6.25. The summed E-state index contributed by atoms with van der Waals surface area (Å²) in [6, 6.07) is 15.0. The zero-order chi connectivity index (χ0) is 38.5. The van der Waals surface area contributed by atoms with Crippen molar-refractivity contribution >= 4 is 73.8 Å². The van der Waals surface area contributed by atoms with Crippen LogP contribution in [0.25, 0.3) is 32.3 Å². The smallest absolute Gasteiger partial charge is 0.243 e. The van der Waals surface area contributed by atoms with Crippen molar-refractivity contribution in [2.45, 2.75) is 63.1 Å². The molecule has 17 heteroatoms. The third-order valence-electron chi connectivity index (χ3n) is 8.75. The summed E-state index contributed by atoms with van der Waals surface area (Å²) in [5.41, 5.74) is 39.0. The van der Waals surface area contributed by atoms with E-state index in [0.717, 1.165) is 37.9 Å². The van der Waals surface area contributed by atoms with Crippen LogP contribution in [0.5, 0.6) is 0 Å².